The van der Waals surface area contributed by atoms with E-state index in [9.17, 15) is 19.2 Å². The average molecular weight is 731 g/mol. The third-order valence-corrected chi connectivity index (χ3v) is 8.96. The molecule has 0 unspecified atom stereocenters. The first-order chi connectivity index (χ1) is 26.2. The van der Waals surface area contributed by atoms with Crippen LogP contribution in [0.5, 0.6) is 0 Å². The van der Waals surface area contributed by atoms with Crippen LogP contribution >= 0.6 is 0 Å². The number of para-hydroxylation sites is 2. The van der Waals surface area contributed by atoms with E-state index in [1.54, 1.807) is 25.3 Å². The molecule has 0 fully saturated rings. The normalized spacial score (nSPS) is 13.0. The number of carbonyl (C=O) groups is 4. The summed E-state index contributed by atoms with van der Waals surface area (Å²) in [6, 6.07) is 21.9. The van der Waals surface area contributed by atoms with Crippen LogP contribution < -0.4 is 21.7 Å². The van der Waals surface area contributed by atoms with Crippen LogP contribution in [0, 0.1) is 0 Å². The van der Waals surface area contributed by atoms with E-state index < -0.39 is 5.97 Å². The molecule has 2 aliphatic heterocycles. The van der Waals surface area contributed by atoms with Gasteiger partial charge in [0.05, 0.1) is 28.8 Å². The molecule has 0 saturated heterocycles. The Balaban J connectivity index is 0.000000169. The molecule has 8 N–H and O–H groups in total. The summed E-state index contributed by atoms with van der Waals surface area (Å²) in [5.41, 5.74) is 13.1. The Labute approximate surface area is 310 Å². The second-order valence-corrected chi connectivity index (χ2v) is 12.7. The Bertz CT molecular complexity index is 2340. The van der Waals surface area contributed by atoms with Crippen molar-refractivity contribution in [2.75, 3.05) is 39.9 Å². The number of hydrogen-bond donors (Lipinski definition) is 7. The summed E-state index contributed by atoms with van der Waals surface area (Å²) in [6.45, 7) is 4.99. The molecule has 14 nitrogen and oxygen atoms in total. The minimum atomic E-state index is -1.06. The molecule has 6 aromatic rings. The third-order valence-electron chi connectivity index (χ3n) is 8.96. The molecule has 0 bridgehead atoms. The zero-order chi connectivity index (χ0) is 38.2. The van der Waals surface area contributed by atoms with Gasteiger partial charge in [-0.1, -0.05) is 55.5 Å². The van der Waals surface area contributed by atoms with Crippen molar-refractivity contribution < 1.29 is 29.0 Å². The molecule has 0 saturated carbocycles. The van der Waals surface area contributed by atoms with E-state index in [-0.39, 0.29) is 23.4 Å². The molecule has 4 aromatic heterocycles. The summed E-state index contributed by atoms with van der Waals surface area (Å²) in [6.07, 6.45) is 2.62. The van der Waals surface area contributed by atoms with E-state index in [2.05, 4.69) is 42.8 Å². The number of nitrogens with two attached hydrogens (primary N) is 1. The van der Waals surface area contributed by atoms with Crippen LogP contribution in [0.1, 0.15) is 66.4 Å². The van der Waals surface area contributed by atoms with Gasteiger partial charge >= 0.3 is 5.97 Å². The maximum atomic E-state index is 12.3. The zero-order valence-corrected chi connectivity index (χ0v) is 30.0. The minimum absolute atomic E-state index is 0.000914. The highest BCUT2D eigenvalue weighted by Crippen LogP contribution is 2.31. The molecule has 2 aromatic carbocycles. The van der Waals surface area contributed by atoms with E-state index in [0.717, 1.165) is 76.0 Å². The first-order valence-electron chi connectivity index (χ1n) is 17.7. The number of aromatic nitrogens is 4. The van der Waals surface area contributed by atoms with Gasteiger partial charge in [0.1, 0.15) is 11.4 Å². The second kappa shape index (κ2) is 17.0. The number of hydrogen-bond acceptors (Lipinski definition) is 8. The van der Waals surface area contributed by atoms with Crippen LogP contribution in [0.3, 0.4) is 0 Å². The van der Waals surface area contributed by atoms with Crippen LogP contribution in [-0.2, 0) is 17.6 Å². The first-order valence-corrected chi connectivity index (χ1v) is 17.7. The SMILES string of the molecule is CCCN.COCCNC(=O)c1ccc2cccc(-c3cc4c([nH]3)CCNC4=O)c2n1.O=C(O)c1ccc2cccc(-c3cc4c([nH]3)CCNC4=O)c2n1. The van der Waals surface area contributed by atoms with Gasteiger partial charge in [0.2, 0.25) is 0 Å². The highest BCUT2D eigenvalue weighted by Gasteiger charge is 2.22. The Morgan fingerprint density at radius 1 is 0.778 bits per heavy atom. The summed E-state index contributed by atoms with van der Waals surface area (Å²) < 4.78 is 4.95. The number of pyridine rings is 2. The van der Waals surface area contributed by atoms with Gasteiger partial charge in [-0.15, -0.1) is 0 Å². The molecule has 2 aliphatic rings. The van der Waals surface area contributed by atoms with Gasteiger partial charge in [0.25, 0.3) is 17.7 Å². The standard InChI is InChI=1S/C20H20N4O3.C17H13N3O3.C3H9N/c1-27-10-9-22-20(26)16-6-5-12-3-2-4-13(18(12)24-16)17-11-14-15(23-17)7-8-21-19(14)25;21-16-11-8-14(19-12(11)6-7-18-16)10-3-1-2-9-4-5-13(17(22)23)20-15(9)10;1-2-3-4/h2-6,11,23H,7-10H2,1H3,(H,21,25)(H,22,26);1-5,8,19H,6-7H2,(H,18,21)(H,22,23);2-4H2,1H3. The lowest BCUT2D eigenvalue weighted by molar-refractivity contribution is 0.0690. The lowest BCUT2D eigenvalue weighted by Crippen LogP contribution is -2.31. The monoisotopic (exact) mass is 730 g/mol. The van der Waals surface area contributed by atoms with Crippen molar-refractivity contribution in [3.8, 4) is 22.5 Å². The molecule has 0 aliphatic carbocycles. The van der Waals surface area contributed by atoms with E-state index >= 15 is 0 Å². The summed E-state index contributed by atoms with van der Waals surface area (Å²) in [5.74, 6) is -1.46. The fraction of sp³-hybridized carbons (Fsp3) is 0.250. The first kappa shape index (κ1) is 37.4. The summed E-state index contributed by atoms with van der Waals surface area (Å²) in [7, 11) is 1.59. The number of H-pyrrole nitrogens is 2. The molecule has 54 heavy (non-hydrogen) atoms. The van der Waals surface area contributed by atoms with Crippen LogP contribution in [0.4, 0.5) is 0 Å². The smallest absolute Gasteiger partial charge is 0.354 e. The Morgan fingerprint density at radius 2 is 1.28 bits per heavy atom. The summed E-state index contributed by atoms with van der Waals surface area (Å²) in [4.78, 5) is 62.9. The fourth-order valence-electron chi connectivity index (χ4n) is 6.21. The molecule has 3 amide bonds. The van der Waals surface area contributed by atoms with E-state index in [0.29, 0.717) is 48.6 Å². The van der Waals surface area contributed by atoms with E-state index in [1.165, 1.54) is 6.07 Å². The van der Waals surface area contributed by atoms with Gasteiger partial charge < -0.3 is 41.5 Å². The number of nitrogens with one attached hydrogen (secondary N) is 5. The Morgan fingerprint density at radius 3 is 1.74 bits per heavy atom. The molecular weight excluding hydrogens is 688 g/mol. The van der Waals surface area contributed by atoms with Crippen molar-refractivity contribution in [3.05, 3.63) is 107 Å². The predicted octanol–water partition coefficient (Wildman–Crippen LogP) is 4.46. The Kier molecular flexibility index (Phi) is 11.7. The van der Waals surface area contributed by atoms with Gasteiger partial charge in [-0.2, -0.15) is 0 Å². The van der Waals surface area contributed by atoms with Crippen LogP contribution in [0.2, 0.25) is 0 Å². The van der Waals surface area contributed by atoms with Crippen molar-refractivity contribution in [2.24, 2.45) is 5.73 Å². The van der Waals surface area contributed by atoms with Crippen LogP contribution in [0.25, 0.3) is 44.3 Å². The van der Waals surface area contributed by atoms with E-state index in [1.807, 2.05) is 48.5 Å². The summed E-state index contributed by atoms with van der Waals surface area (Å²) in [5, 5.41) is 19.4. The number of benzene rings is 2. The molecule has 0 radical (unpaired) electrons. The van der Waals surface area contributed by atoms with Crippen LogP contribution in [0.15, 0.2) is 72.8 Å². The molecule has 8 rings (SSSR count). The number of rotatable bonds is 8. The number of ether oxygens (including phenoxy) is 1. The summed E-state index contributed by atoms with van der Waals surface area (Å²) >= 11 is 0. The van der Waals surface area contributed by atoms with Gasteiger partial charge in [-0.05, 0) is 37.2 Å². The van der Waals surface area contributed by atoms with Crippen molar-refractivity contribution in [1.29, 1.82) is 0 Å². The second-order valence-electron chi connectivity index (χ2n) is 12.7. The lowest BCUT2D eigenvalue weighted by Gasteiger charge is -2.11. The highest BCUT2D eigenvalue weighted by molar-refractivity contribution is 6.02. The van der Waals surface area contributed by atoms with Crippen molar-refractivity contribution >= 4 is 45.5 Å². The number of amides is 3. The number of methoxy groups -OCH3 is 1. The number of carboxylic acid groups (broad SMARTS) is 1. The van der Waals surface area contributed by atoms with Gasteiger partial charge in [-0.3, -0.25) is 14.4 Å². The topological polar surface area (TPSA) is 217 Å². The maximum absolute atomic E-state index is 12.3. The molecule has 6 heterocycles. The average Bonchev–Trinajstić information content (AvgIpc) is 3.84. The largest absolute Gasteiger partial charge is 0.477 e. The fourth-order valence-corrected chi connectivity index (χ4v) is 6.21. The highest BCUT2D eigenvalue weighted by atomic mass is 16.5. The zero-order valence-electron chi connectivity index (χ0n) is 30.0. The maximum Gasteiger partial charge on any atom is 0.354 e. The number of fused-ring (bicyclic) bond motifs is 4. The van der Waals surface area contributed by atoms with Gasteiger partial charge in [0, 0.05) is 84.3 Å². The Hall–Kier alpha value is -6.38. The quantitative estimate of drug-likeness (QED) is 0.110. The number of carboxylic acids is 1. The number of carbonyl (C=O) groups excluding carboxylic acids is 3. The molecule has 0 spiro atoms. The lowest BCUT2D eigenvalue weighted by atomic mass is 10.1. The van der Waals surface area contributed by atoms with E-state index in [4.69, 9.17) is 15.6 Å². The van der Waals surface area contributed by atoms with Gasteiger partial charge in [0.15, 0.2) is 0 Å². The van der Waals surface area contributed by atoms with Gasteiger partial charge in [-0.25, -0.2) is 14.8 Å². The van der Waals surface area contributed by atoms with Crippen molar-refractivity contribution in [2.45, 2.75) is 26.2 Å². The number of aromatic carboxylic acids is 1. The van der Waals surface area contributed by atoms with Crippen LogP contribution in [-0.4, -0.2) is 88.6 Å². The number of nitrogens with zero attached hydrogens (tertiary/aromatic N) is 2. The molecular formula is C40H42N8O6. The molecule has 0 atom stereocenters. The molecule has 278 valence electrons. The van der Waals surface area contributed by atoms with Crippen molar-refractivity contribution in [1.82, 2.24) is 35.9 Å². The third kappa shape index (κ3) is 8.14. The predicted molar refractivity (Wildman–Crippen MR) is 206 cm³/mol. The number of aromatic amines is 2. The molecule has 14 heteroatoms. The minimum Gasteiger partial charge on any atom is -0.477 e. The van der Waals surface area contributed by atoms with Crippen molar-refractivity contribution in [3.63, 3.8) is 0 Å².